The van der Waals surface area contributed by atoms with Gasteiger partial charge in [0.25, 0.3) is 17.7 Å². The zero-order valence-corrected chi connectivity index (χ0v) is 21.4. The minimum Gasteiger partial charge on any atom is -0.495 e. The maximum absolute atomic E-state index is 13.1. The Kier molecular flexibility index (Phi) is 8.08. The van der Waals surface area contributed by atoms with Crippen LogP contribution in [-0.2, 0) is 14.3 Å². The molecule has 3 amide bonds. The van der Waals surface area contributed by atoms with Gasteiger partial charge in [0.05, 0.1) is 30.7 Å². The van der Waals surface area contributed by atoms with E-state index in [9.17, 15) is 19.2 Å². The number of benzene rings is 3. The molecule has 0 spiro atoms. The largest absolute Gasteiger partial charge is 0.495 e. The summed E-state index contributed by atoms with van der Waals surface area (Å²) >= 11 is 6.24. The second-order valence-electron chi connectivity index (χ2n) is 8.18. The summed E-state index contributed by atoms with van der Waals surface area (Å²) in [7, 11) is 1.51. The minimum absolute atomic E-state index is 0.134. The number of nitrogens with zero attached hydrogens (tertiary/aromatic N) is 1. The molecular formula is C28H24ClN3O6. The van der Waals surface area contributed by atoms with E-state index in [4.69, 9.17) is 21.1 Å². The summed E-state index contributed by atoms with van der Waals surface area (Å²) in [6, 6.07) is 19.3. The van der Waals surface area contributed by atoms with Crippen LogP contribution in [0.5, 0.6) is 5.75 Å². The van der Waals surface area contributed by atoms with Crippen LogP contribution in [0.2, 0.25) is 0 Å². The monoisotopic (exact) mass is 533 g/mol. The molecule has 4 rings (SSSR count). The first-order chi connectivity index (χ1) is 18.3. The predicted molar refractivity (Wildman–Crippen MR) is 143 cm³/mol. The Balaban J connectivity index is 1.49. The second-order valence-corrected chi connectivity index (χ2v) is 8.56. The molecule has 1 heterocycles. The van der Waals surface area contributed by atoms with Crippen LogP contribution in [-0.4, -0.2) is 37.4 Å². The fourth-order valence-corrected chi connectivity index (χ4v) is 3.91. The molecule has 0 fully saturated rings. The van der Waals surface area contributed by atoms with E-state index in [1.807, 2.05) is 6.92 Å². The SMILES string of the molecule is CCCOC(=O)c1ccc(N2C(=O)C(Cl)=C(Nc3cccc(C(=O)Nc4ccccc4OC)c3)C2=O)cc1. The Morgan fingerprint density at radius 2 is 1.66 bits per heavy atom. The number of amides is 3. The molecule has 10 heteroatoms. The molecule has 9 nitrogen and oxygen atoms in total. The maximum Gasteiger partial charge on any atom is 0.338 e. The summed E-state index contributed by atoms with van der Waals surface area (Å²) in [6.45, 7) is 2.18. The normalized spacial score (nSPS) is 13.0. The van der Waals surface area contributed by atoms with Crippen molar-refractivity contribution >= 4 is 52.4 Å². The smallest absolute Gasteiger partial charge is 0.338 e. The number of hydrogen-bond acceptors (Lipinski definition) is 7. The van der Waals surface area contributed by atoms with Gasteiger partial charge in [-0.1, -0.05) is 36.7 Å². The molecule has 0 radical (unpaired) electrons. The van der Waals surface area contributed by atoms with Gasteiger partial charge in [-0.05, 0) is 61.0 Å². The number of para-hydroxylation sites is 2. The van der Waals surface area contributed by atoms with Crippen molar-refractivity contribution < 1.29 is 28.7 Å². The third-order valence-electron chi connectivity index (χ3n) is 5.58. The first-order valence-corrected chi connectivity index (χ1v) is 12.1. The van der Waals surface area contributed by atoms with E-state index in [1.54, 1.807) is 42.5 Å². The van der Waals surface area contributed by atoms with E-state index in [1.165, 1.54) is 37.4 Å². The van der Waals surface area contributed by atoms with Crippen molar-refractivity contribution in [1.29, 1.82) is 0 Å². The third-order valence-corrected chi connectivity index (χ3v) is 5.93. The lowest BCUT2D eigenvalue weighted by Gasteiger charge is -2.16. The van der Waals surface area contributed by atoms with Crippen LogP contribution >= 0.6 is 11.6 Å². The highest BCUT2D eigenvalue weighted by Crippen LogP contribution is 2.31. The van der Waals surface area contributed by atoms with Crippen LogP contribution < -0.4 is 20.3 Å². The number of methoxy groups -OCH3 is 1. The molecule has 0 unspecified atom stereocenters. The van der Waals surface area contributed by atoms with E-state index in [0.29, 0.717) is 41.3 Å². The van der Waals surface area contributed by atoms with Crippen molar-refractivity contribution in [1.82, 2.24) is 0 Å². The van der Waals surface area contributed by atoms with Gasteiger partial charge in [-0.15, -0.1) is 0 Å². The molecule has 38 heavy (non-hydrogen) atoms. The highest BCUT2D eigenvalue weighted by molar-refractivity contribution is 6.53. The van der Waals surface area contributed by atoms with Crippen molar-refractivity contribution in [3.63, 3.8) is 0 Å². The molecule has 0 atom stereocenters. The van der Waals surface area contributed by atoms with Crippen molar-refractivity contribution in [2.45, 2.75) is 13.3 Å². The van der Waals surface area contributed by atoms with E-state index in [0.717, 1.165) is 4.90 Å². The topological polar surface area (TPSA) is 114 Å². The molecule has 3 aromatic carbocycles. The zero-order valence-electron chi connectivity index (χ0n) is 20.6. The Bertz CT molecular complexity index is 1430. The van der Waals surface area contributed by atoms with Gasteiger partial charge in [0.15, 0.2) is 0 Å². The highest BCUT2D eigenvalue weighted by atomic mass is 35.5. The Labute approximate surface area is 224 Å². The van der Waals surface area contributed by atoms with Gasteiger partial charge >= 0.3 is 5.97 Å². The molecule has 1 aliphatic rings. The van der Waals surface area contributed by atoms with Crippen molar-refractivity contribution in [3.05, 3.63) is 94.7 Å². The van der Waals surface area contributed by atoms with Gasteiger partial charge < -0.3 is 20.1 Å². The quantitative estimate of drug-likeness (QED) is 0.295. The standard InChI is InChI=1S/C28H24ClN3O6/c1-3-15-38-28(36)17-11-13-20(14-12-17)32-26(34)23(29)24(27(32)35)30-19-8-6-7-18(16-19)25(33)31-21-9-4-5-10-22(21)37-2/h4-14,16,30H,3,15H2,1-2H3,(H,31,33). The fourth-order valence-electron chi connectivity index (χ4n) is 3.70. The lowest BCUT2D eigenvalue weighted by molar-refractivity contribution is -0.120. The molecule has 0 aliphatic carbocycles. The zero-order chi connectivity index (χ0) is 27.2. The summed E-state index contributed by atoms with van der Waals surface area (Å²) in [5.41, 5.74) is 1.58. The average molecular weight is 534 g/mol. The summed E-state index contributed by atoms with van der Waals surface area (Å²) in [5, 5.41) is 5.34. The molecule has 1 aliphatic heterocycles. The average Bonchev–Trinajstić information content (AvgIpc) is 3.15. The van der Waals surface area contributed by atoms with Crippen molar-refractivity contribution in [3.8, 4) is 5.75 Å². The second kappa shape index (κ2) is 11.6. The number of rotatable bonds is 9. The summed E-state index contributed by atoms with van der Waals surface area (Å²) in [6.07, 6.45) is 0.690. The molecule has 194 valence electrons. The highest BCUT2D eigenvalue weighted by Gasteiger charge is 2.39. The van der Waals surface area contributed by atoms with Crippen LogP contribution in [0.15, 0.2) is 83.5 Å². The van der Waals surface area contributed by atoms with E-state index in [-0.39, 0.29) is 16.4 Å². The van der Waals surface area contributed by atoms with Gasteiger partial charge in [-0.2, -0.15) is 0 Å². The molecule has 0 saturated heterocycles. The molecule has 0 bridgehead atoms. The third kappa shape index (κ3) is 5.52. The number of anilines is 3. The van der Waals surface area contributed by atoms with Crippen molar-refractivity contribution in [2.75, 3.05) is 29.3 Å². The summed E-state index contributed by atoms with van der Waals surface area (Å²) in [4.78, 5) is 51.7. The van der Waals surface area contributed by atoms with E-state index >= 15 is 0 Å². The first kappa shape index (κ1) is 26.4. The molecule has 3 aromatic rings. The van der Waals surface area contributed by atoms with E-state index in [2.05, 4.69) is 10.6 Å². The number of carbonyl (C=O) groups excluding carboxylic acids is 4. The Morgan fingerprint density at radius 3 is 2.37 bits per heavy atom. The Morgan fingerprint density at radius 1 is 0.921 bits per heavy atom. The van der Waals surface area contributed by atoms with Gasteiger partial charge in [0.2, 0.25) is 0 Å². The number of imide groups is 1. The molecule has 0 saturated carbocycles. The van der Waals surface area contributed by atoms with Crippen LogP contribution in [0.4, 0.5) is 17.1 Å². The lowest BCUT2D eigenvalue weighted by Crippen LogP contribution is -2.32. The van der Waals surface area contributed by atoms with Gasteiger partial charge in [-0.3, -0.25) is 14.4 Å². The number of hydrogen-bond donors (Lipinski definition) is 2. The van der Waals surface area contributed by atoms with Crippen LogP contribution in [0, 0.1) is 0 Å². The first-order valence-electron chi connectivity index (χ1n) is 11.7. The summed E-state index contributed by atoms with van der Waals surface area (Å²) < 4.78 is 10.4. The number of nitrogens with one attached hydrogen (secondary N) is 2. The number of halogens is 1. The number of esters is 1. The van der Waals surface area contributed by atoms with Crippen LogP contribution in [0.1, 0.15) is 34.1 Å². The van der Waals surface area contributed by atoms with Gasteiger partial charge in [0, 0.05) is 11.3 Å². The molecule has 2 N–H and O–H groups in total. The number of carbonyl (C=O) groups is 4. The van der Waals surface area contributed by atoms with Gasteiger partial charge in [-0.25, -0.2) is 9.69 Å². The molecular weight excluding hydrogens is 510 g/mol. The van der Waals surface area contributed by atoms with Crippen LogP contribution in [0.25, 0.3) is 0 Å². The van der Waals surface area contributed by atoms with Crippen molar-refractivity contribution in [2.24, 2.45) is 0 Å². The fraction of sp³-hybridized carbons (Fsp3) is 0.143. The predicted octanol–water partition coefficient (Wildman–Crippen LogP) is 4.95. The Hall–Kier alpha value is -4.63. The van der Waals surface area contributed by atoms with Gasteiger partial charge in [0.1, 0.15) is 16.5 Å². The molecule has 0 aromatic heterocycles. The lowest BCUT2D eigenvalue weighted by atomic mass is 10.1. The number of ether oxygens (including phenoxy) is 2. The van der Waals surface area contributed by atoms with Crippen LogP contribution in [0.3, 0.4) is 0 Å². The maximum atomic E-state index is 13.1. The summed E-state index contributed by atoms with van der Waals surface area (Å²) in [5.74, 6) is -1.78. The van der Waals surface area contributed by atoms with E-state index < -0.39 is 23.7 Å². The minimum atomic E-state index is -0.717.